The Bertz CT molecular complexity index is 803. The zero-order valence-electron chi connectivity index (χ0n) is 13.3. The van der Waals surface area contributed by atoms with Crippen LogP contribution in [0.3, 0.4) is 0 Å². The predicted molar refractivity (Wildman–Crippen MR) is 89.1 cm³/mol. The van der Waals surface area contributed by atoms with Gasteiger partial charge in [-0.1, -0.05) is 0 Å². The lowest BCUT2D eigenvalue weighted by atomic mass is 9.89. The lowest BCUT2D eigenvalue weighted by molar-refractivity contribution is -0.130. The van der Waals surface area contributed by atoms with Crippen molar-refractivity contribution in [2.24, 2.45) is 21.6 Å². The van der Waals surface area contributed by atoms with Gasteiger partial charge in [-0.25, -0.2) is 18.9 Å². The summed E-state index contributed by atoms with van der Waals surface area (Å²) in [6.45, 7) is 0.640. The van der Waals surface area contributed by atoms with Crippen molar-refractivity contribution in [2.75, 3.05) is 19.6 Å². The van der Waals surface area contributed by atoms with Gasteiger partial charge in [0, 0.05) is 19.3 Å². The summed E-state index contributed by atoms with van der Waals surface area (Å²) in [7, 11) is -4.20. The van der Waals surface area contributed by atoms with Crippen molar-refractivity contribution < 1.29 is 23.1 Å². The maximum Gasteiger partial charge on any atom is 0.353 e. The Morgan fingerprint density at radius 3 is 2.36 bits per heavy atom. The van der Waals surface area contributed by atoms with Crippen LogP contribution in [0.4, 0.5) is 0 Å². The molecule has 1 aromatic heterocycles. The number of piperidine rings is 1. The third-order valence-corrected chi connectivity index (χ3v) is 4.90. The minimum atomic E-state index is -4.20. The Balaban J connectivity index is 2.14. The minimum Gasteiger partial charge on any atom is -0.477 e. The number of guanidine groups is 1. The number of amides is 1. The second kappa shape index (κ2) is 7.11. The van der Waals surface area contributed by atoms with E-state index in [1.54, 1.807) is 4.90 Å². The molecule has 2 heterocycles. The number of aliphatic imine (C=N–C) groups is 1. The van der Waals surface area contributed by atoms with E-state index in [9.17, 15) is 23.1 Å². The van der Waals surface area contributed by atoms with Gasteiger partial charge < -0.3 is 21.5 Å². The van der Waals surface area contributed by atoms with Gasteiger partial charge in [0.2, 0.25) is 5.91 Å². The van der Waals surface area contributed by atoms with Gasteiger partial charge in [-0.15, -0.1) is 0 Å². The molecule has 25 heavy (non-hydrogen) atoms. The van der Waals surface area contributed by atoms with Crippen LogP contribution < -0.4 is 16.6 Å². The Hall–Kier alpha value is -2.60. The molecule has 1 aliphatic heterocycles. The van der Waals surface area contributed by atoms with Crippen LogP contribution in [0.5, 0.6) is 0 Å². The lowest BCUT2D eigenvalue weighted by Gasteiger charge is -2.31. The summed E-state index contributed by atoms with van der Waals surface area (Å²) in [4.78, 5) is 28.7. The molecule has 1 aromatic rings. The van der Waals surface area contributed by atoms with Crippen LogP contribution in [0, 0.1) is 0 Å². The van der Waals surface area contributed by atoms with E-state index < -0.39 is 16.2 Å². The normalized spacial score (nSPS) is 15.8. The van der Waals surface area contributed by atoms with E-state index in [1.165, 1.54) is 6.07 Å². The van der Waals surface area contributed by atoms with E-state index in [1.807, 2.05) is 0 Å². The summed E-state index contributed by atoms with van der Waals surface area (Å²) in [6, 6.07) is 1.44. The second-order valence-electron chi connectivity index (χ2n) is 5.66. The zero-order chi connectivity index (χ0) is 18.8. The molecular formula is C13H20N6O5S. The molecule has 2 rings (SSSR count). The molecule has 0 unspecified atom stereocenters. The smallest absolute Gasteiger partial charge is 0.353 e. The van der Waals surface area contributed by atoms with Crippen LogP contribution in [0.2, 0.25) is 0 Å². The quantitative estimate of drug-likeness (QED) is 0.347. The van der Waals surface area contributed by atoms with Crippen LogP contribution in [-0.4, -0.2) is 59.9 Å². The highest BCUT2D eigenvalue weighted by atomic mass is 32.2. The topological polar surface area (TPSA) is 187 Å². The van der Waals surface area contributed by atoms with E-state index in [4.69, 9.17) is 16.6 Å². The fourth-order valence-electron chi connectivity index (χ4n) is 2.89. The predicted octanol–water partition coefficient (Wildman–Crippen LogP) is -1.78. The first kappa shape index (κ1) is 18.7. The highest BCUT2D eigenvalue weighted by Gasteiger charge is 2.30. The monoisotopic (exact) mass is 372 g/mol. The third kappa shape index (κ3) is 4.28. The van der Waals surface area contributed by atoms with Crippen LogP contribution in [0.25, 0.3) is 0 Å². The number of hydrogen-bond donors (Lipinski definition) is 4. The van der Waals surface area contributed by atoms with Crippen LogP contribution in [0.15, 0.2) is 17.3 Å². The molecule has 11 nitrogen and oxygen atoms in total. The van der Waals surface area contributed by atoms with E-state index in [0.29, 0.717) is 35.5 Å². The fourth-order valence-corrected chi connectivity index (χ4v) is 3.56. The number of hydrogen-bond acceptors (Lipinski definition) is 5. The van der Waals surface area contributed by atoms with E-state index >= 15 is 0 Å². The summed E-state index contributed by atoms with van der Waals surface area (Å²) < 4.78 is 23.6. The molecule has 138 valence electrons. The lowest BCUT2D eigenvalue weighted by Crippen LogP contribution is -2.40. The molecule has 1 aliphatic rings. The second-order valence-corrected chi connectivity index (χ2v) is 7.09. The molecule has 0 atom stereocenters. The largest absolute Gasteiger partial charge is 0.477 e. The van der Waals surface area contributed by atoms with Crippen molar-refractivity contribution >= 4 is 28.0 Å². The van der Waals surface area contributed by atoms with Gasteiger partial charge in [0.25, 0.3) is 0 Å². The molecule has 0 aliphatic carbocycles. The Kier molecular flexibility index (Phi) is 5.33. The maximum absolute atomic E-state index is 12.0. The molecule has 12 heteroatoms. The SMILES string of the molecule is NC(N)=NCC(=O)N1CCC(c2ccn(S(N)(=O)=O)c2C(=O)O)CC1. The average molecular weight is 372 g/mol. The van der Waals surface area contributed by atoms with Crippen LogP contribution >= 0.6 is 0 Å². The standard InChI is InChI=1S/C13H20N6O5S/c14-13(15)17-7-10(20)18-4-1-8(2-5-18)9-3-6-19(25(16,23)24)11(9)12(21)22/h3,6,8H,1-2,4-5,7H2,(H,21,22)(H4,14,15,17)(H2,16,23,24). The average Bonchev–Trinajstić information content (AvgIpc) is 2.98. The van der Waals surface area contributed by atoms with Crippen molar-refractivity contribution in [3.63, 3.8) is 0 Å². The summed E-state index contributed by atoms with van der Waals surface area (Å²) in [5, 5.41) is 14.4. The maximum atomic E-state index is 12.0. The number of nitrogens with two attached hydrogens (primary N) is 3. The number of nitrogens with zero attached hydrogens (tertiary/aromatic N) is 3. The zero-order valence-corrected chi connectivity index (χ0v) is 14.1. The van der Waals surface area contributed by atoms with Crippen molar-refractivity contribution in [3.8, 4) is 0 Å². The van der Waals surface area contributed by atoms with Gasteiger partial charge in [-0.05, 0) is 30.4 Å². The van der Waals surface area contributed by atoms with Gasteiger partial charge in [-0.2, -0.15) is 8.42 Å². The van der Waals surface area contributed by atoms with Crippen molar-refractivity contribution in [1.82, 2.24) is 8.87 Å². The van der Waals surface area contributed by atoms with Crippen LogP contribution in [0.1, 0.15) is 34.8 Å². The Labute approximate surface area is 144 Å². The number of aromatic carboxylic acids is 1. The van der Waals surface area contributed by atoms with Crippen molar-refractivity contribution in [3.05, 3.63) is 23.5 Å². The third-order valence-electron chi connectivity index (χ3n) is 4.04. The number of likely N-dealkylation sites (tertiary alicyclic amines) is 1. The summed E-state index contributed by atoms with van der Waals surface area (Å²) in [5.41, 5.74) is 10.4. The Morgan fingerprint density at radius 1 is 1.28 bits per heavy atom. The summed E-state index contributed by atoms with van der Waals surface area (Å²) in [6.07, 6.45) is 2.11. The summed E-state index contributed by atoms with van der Waals surface area (Å²) in [5.74, 6) is -1.97. The molecule has 0 aromatic carbocycles. The highest BCUT2D eigenvalue weighted by molar-refractivity contribution is 7.87. The fraction of sp³-hybridized carbons (Fsp3) is 0.462. The first-order valence-electron chi connectivity index (χ1n) is 7.42. The minimum absolute atomic E-state index is 0.144. The molecule has 7 N–H and O–H groups in total. The molecule has 0 radical (unpaired) electrons. The molecule has 1 amide bonds. The number of carboxylic acid groups (broad SMARTS) is 1. The van der Waals surface area contributed by atoms with Crippen molar-refractivity contribution in [2.45, 2.75) is 18.8 Å². The molecule has 0 saturated carbocycles. The van der Waals surface area contributed by atoms with E-state index in [-0.39, 0.29) is 30.0 Å². The molecule has 0 spiro atoms. The van der Waals surface area contributed by atoms with Gasteiger partial charge in [0.05, 0.1) is 0 Å². The number of carbonyl (C=O) groups excluding carboxylic acids is 1. The number of aromatic nitrogens is 1. The number of carboxylic acids is 1. The van der Waals surface area contributed by atoms with Gasteiger partial charge in [-0.3, -0.25) is 4.79 Å². The molecule has 0 bridgehead atoms. The first-order valence-corrected chi connectivity index (χ1v) is 8.92. The molecule has 1 fully saturated rings. The van der Waals surface area contributed by atoms with E-state index in [0.717, 1.165) is 6.20 Å². The van der Waals surface area contributed by atoms with Crippen molar-refractivity contribution in [1.29, 1.82) is 0 Å². The first-order chi connectivity index (χ1) is 11.6. The van der Waals surface area contributed by atoms with Gasteiger partial charge in [0.1, 0.15) is 12.2 Å². The molecular weight excluding hydrogens is 352 g/mol. The highest BCUT2D eigenvalue weighted by Crippen LogP contribution is 2.31. The molecule has 1 saturated heterocycles. The number of carbonyl (C=O) groups is 2. The number of rotatable bonds is 5. The summed E-state index contributed by atoms with van der Waals surface area (Å²) >= 11 is 0. The van der Waals surface area contributed by atoms with Gasteiger partial charge >= 0.3 is 16.2 Å². The Morgan fingerprint density at radius 2 is 1.88 bits per heavy atom. The van der Waals surface area contributed by atoms with Gasteiger partial charge in [0.15, 0.2) is 5.96 Å². The van der Waals surface area contributed by atoms with E-state index in [2.05, 4.69) is 4.99 Å². The van der Waals surface area contributed by atoms with Crippen LogP contribution in [-0.2, 0) is 15.0 Å².